The molecule has 72 valence electrons. The molecule has 0 saturated carbocycles. The van der Waals surface area contributed by atoms with Crippen LogP contribution >= 0.6 is 0 Å². The molecule has 1 unspecified atom stereocenters. The SMILES string of the molecule is Cc1ccc(CC(C)(F)CN)cc1. The van der Waals surface area contributed by atoms with Gasteiger partial charge < -0.3 is 5.73 Å². The fraction of sp³-hybridized carbons (Fsp3) is 0.455. The van der Waals surface area contributed by atoms with Crippen LogP contribution in [-0.2, 0) is 6.42 Å². The summed E-state index contributed by atoms with van der Waals surface area (Å²) in [5.74, 6) is 0. The molecule has 0 fully saturated rings. The minimum absolute atomic E-state index is 0.0703. The second-order valence-corrected chi connectivity index (χ2v) is 3.78. The average molecular weight is 181 g/mol. The molecule has 0 spiro atoms. The van der Waals surface area contributed by atoms with Crippen LogP contribution in [0.4, 0.5) is 4.39 Å². The Bertz CT molecular complexity index is 264. The Balaban J connectivity index is 2.69. The molecule has 13 heavy (non-hydrogen) atoms. The Morgan fingerprint density at radius 3 is 2.31 bits per heavy atom. The van der Waals surface area contributed by atoms with Gasteiger partial charge in [-0.3, -0.25) is 0 Å². The highest BCUT2D eigenvalue weighted by Crippen LogP contribution is 2.16. The highest BCUT2D eigenvalue weighted by molar-refractivity contribution is 5.22. The number of benzene rings is 1. The largest absolute Gasteiger partial charge is 0.328 e. The minimum atomic E-state index is -1.28. The van der Waals surface area contributed by atoms with Gasteiger partial charge in [0.25, 0.3) is 0 Å². The molecule has 0 aliphatic rings. The van der Waals surface area contributed by atoms with Gasteiger partial charge in [-0.2, -0.15) is 0 Å². The van der Waals surface area contributed by atoms with E-state index in [1.165, 1.54) is 12.5 Å². The third-order valence-corrected chi connectivity index (χ3v) is 2.12. The number of alkyl halides is 1. The summed E-state index contributed by atoms with van der Waals surface area (Å²) in [6, 6.07) is 7.87. The maximum absolute atomic E-state index is 13.5. The summed E-state index contributed by atoms with van der Waals surface area (Å²) in [5.41, 5.74) is 6.22. The Morgan fingerprint density at radius 1 is 1.31 bits per heavy atom. The van der Waals surface area contributed by atoms with Crippen molar-refractivity contribution in [2.45, 2.75) is 25.9 Å². The van der Waals surface area contributed by atoms with E-state index in [-0.39, 0.29) is 6.54 Å². The number of halogens is 1. The smallest absolute Gasteiger partial charge is 0.124 e. The van der Waals surface area contributed by atoms with Crippen LogP contribution in [-0.4, -0.2) is 12.2 Å². The van der Waals surface area contributed by atoms with E-state index in [1.807, 2.05) is 31.2 Å². The third kappa shape index (κ3) is 3.15. The first kappa shape index (κ1) is 10.2. The standard InChI is InChI=1S/C11H16FN/c1-9-3-5-10(6-4-9)7-11(2,12)8-13/h3-6H,7-8,13H2,1-2H3. The highest BCUT2D eigenvalue weighted by atomic mass is 19.1. The zero-order valence-electron chi connectivity index (χ0n) is 8.18. The van der Waals surface area contributed by atoms with E-state index in [4.69, 9.17) is 5.73 Å². The molecule has 0 aromatic heterocycles. The molecular formula is C11H16FN. The van der Waals surface area contributed by atoms with Crippen LogP contribution in [0.15, 0.2) is 24.3 Å². The van der Waals surface area contributed by atoms with Gasteiger partial charge >= 0.3 is 0 Å². The van der Waals surface area contributed by atoms with Crippen LogP contribution < -0.4 is 5.73 Å². The normalized spacial score (nSPS) is 15.4. The Hall–Kier alpha value is -0.890. The molecule has 1 atom stereocenters. The van der Waals surface area contributed by atoms with E-state index in [1.54, 1.807) is 0 Å². The second-order valence-electron chi connectivity index (χ2n) is 3.78. The predicted octanol–water partition coefficient (Wildman–Crippen LogP) is 2.22. The monoisotopic (exact) mass is 181 g/mol. The lowest BCUT2D eigenvalue weighted by Gasteiger charge is -2.17. The van der Waals surface area contributed by atoms with E-state index < -0.39 is 5.67 Å². The summed E-state index contributed by atoms with van der Waals surface area (Å²) < 4.78 is 13.5. The molecule has 0 radical (unpaired) electrons. The molecule has 0 amide bonds. The molecule has 1 nitrogen and oxygen atoms in total. The number of hydrogen-bond acceptors (Lipinski definition) is 1. The van der Waals surface area contributed by atoms with E-state index in [0.717, 1.165) is 5.56 Å². The van der Waals surface area contributed by atoms with Crippen LogP contribution in [0.2, 0.25) is 0 Å². The number of rotatable bonds is 3. The van der Waals surface area contributed by atoms with Crippen molar-refractivity contribution in [1.82, 2.24) is 0 Å². The van der Waals surface area contributed by atoms with Crippen LogP contribution in [0, 0.1) is 6.92 Å². The van der Waals surface area contributed by atoms with Gasteiger partial charge in [-0.1, -0.05) is 29.8 Å². The van der Waals surface area contributed by atoms with E-state index >= 15 is 0 Å². The summed E-state index contributed by atoms with van der Waals surface area (Å²) in [6.45, 7) is 3.62. The van der Waals surface area contributed by atoms with Gasteiger partial charge in [0.2, 0.25) is 0 Å². The lowest BCUT2D eigenvalue weighted by Crippen LogP contribution is -2.31. The molecule has 0 heterocycles. The van der Waals surface area contributed by atoms with Crippen molar-refractivity contribution in [1.29, 1.82) is 0 Å². The van der Waals surface area contributed by atoms with Crippen LogP contribution in [0.5, 0.6) is 0 Å². The highest BCUT2D eigenvalue weighted by Gasteiger charge is 2.20. The first-order valence-electron chi connectivity index (χ1n) is 4.48. The predicted molar refractivity (Wildman–Crippen MR) is 53.5 cm³/mol. The van der Waals surface area contributed by atoms with E-state index in [2.05, 4.69) is 0 Å². The van der Waals surface area contributed by atoms with Crippen LogP contribution in [0.1, 0.15) is 18.1 Å². The molecule has 0 saturated heterocycles. The van der Waals surface area contributed by atoms with Crippen molar-refractivity contribution in [3.63, 3.8) is 0 Å². The Kier molecular flexibility index (Phi) is 3.04. The van der Waals surface area contributed by atoms with Gasteiger partial charge in [-0.15, -0.1) is 0 Å². The summed E-state index contributed by atoms with van der Waals surface area (Å²) >= 11 is 0. The van der Waals surface area contributed by atoms with Crippen molar-refractivity contribution in [3.8, 4) is 0 Å². The van der Waals surface area contributed by atoms with Gasteiger partial charge in [0.1, 0.15) is 5.67 Å². The second kappa shape index (κ2) is 3.88. The van der Waals surface area contributed by atoms with Crippen molar-refractivity contribution in [2.75, 3.05) is 6.54 Å². The molecule has 2 N–H and O–H groups in total. The maximum atomic E-state index is 13.5. The quantitative estimate of drug-likeness (QED) is 0.760. The fourth-order valence-electron chi connectivity index (χ4n) is 1.20. The Morgan fingerprint density at radius 2 is 1.85 bits per heavy atom. The third-order valence-electron chi connectivity index (χ3n) is 2.12. The summed E-state index contributed by atoms with van der Waals surface area (Å²) in [4.78, 5) is 0. The molecule has 1 aromatic carbocycles. The maximum Gasteiger partial charge on any atom is 0.124 e. The van der Waals surface area contributed by atoms with Crippen LogP contribution in [0.25, 0.3) is 0 Å². The van der Waals surface area contributed by atoms with Gasteiger partial charge in [0.05, 0.1) is 0 Å². The molecule has 1 rings (SSSR count). The zero-order valence-corrected chi connectivity index (χ0v) is 8.18. The van der Waals surface area contributed by atoms with Crippen molar-refractivity contribution in [2.24, 2.45) is 5.73 Å². The Labute approximate surface area is 78.8 Å². The molecule has 0 bridgehead atoms. The summed E-state index contributed by atoms with van der Waals surface area (Å²) in [7, 11) is 0. The lowest BCUT2D eigenvalue weighted by atomic mass is 9.98. The molecule has 2 heteroatoms. The fourth-order valence-corrected chi connectivity index (χ4v) is 1.20. The topological polar surface area (TPSA) is 26.0 Å². The van der Waals surface area contributed by atoms with Crippen LogP contribution in [0.3, 0.4) is 0 Å². The number of nitrogens with two attached hydrogens (primary N) is 1. The van der Waals surface area contributed by atoms with Gasteiger partial charge in [0, 0.05) is 13.0 Å². The number of aryl methyl sites for hydroxylation is 1. The molecular weight excluding hydrogens is 165 g/mol. The molecule has 0 aliphatic heterocycles. The summed E-state index contributed by atoms with van der Waals surface area (Å²) in [5, 5.41) is 0. The summed E-state index contributed by atoms with van der Waals surface area (Å²) in [6.07, 6.45) is 0.393. The molecule has 0 aliphatic carbocycles. The van der Waals surface area contributed by atoms with Gasteiger partial charge in [-0.05, 0) is 19.4 Å². The van der Waals surface area contributed by atoms with Gasteiger partial charge in [-0.25, -0.2) is 4.39 Å². The average Bonchev–Trinajstić information content (AvgIpc) is 2.09. The zero-order chi connectivity index (χ0) is 9.90. The van der Waals surface area contributed by atoms with E-state index in [9.17, 15) is 4.39 Å². The first-order chi connectivity index (χ1) is 6.03. The van der Waals surface area contributed by atoms with Crippen molar-refractivity contribution < 1.29 is 4.39 Å². The first-order valence-corrected chi connectivity index (χ1v) is 4.48. The van der Waals surface area contributed by atoms with Crippen molar-refractivity contribution in [3.05, 3.63) is 35.4 Å². The van der Waals surface area contributed by atoms with Crippen molar-refractivity contribution >= 4 is 0 Å². The minimum Gasteiger partial charge on any atom is -0.328 e. The lowest BCUT2D eigenvalue weighted by molar-refractivity contribution is 0.200. The van der Waals surface area contributed by atoms with Gasteiger partial charge in [0.15, 0.2) is 0 Å². The van der Waals surface area contributed by atoms with E-state index in [0.29, 0.717) is 6.42 Å². The number of hydrogen-bond donors (Lipinski definition) is 1. The molecule has 1 aromatic rings.